The van der Waals surface area contributed by atoms with E-state index in [9.17, 15) is 9.59 Å². The van der Waals surface area contributed by atoms with Crippen LogP contribution < -0.4 is 5.32 Å². The van der Waals surface area contributed by atoms with E-state index in [2.05, 4.69) is 24.4 Å². The summed E-state index contributed by atoms with van der Waals surface area (Å²) in [5.74, 6) is 0.113. The SMILES string of the molecule is CCCCN(C)C(=O)CC1NCCN(CCCc2ccccc2)C1=O. The summed E-state index contributed by atoms with van der Waals surface area (Å²) in [6.45, 7) is 5.11. The van der Waals surface area contributed by atoms with Gasteiger partial charge in [-0.2, -0.15) is 0 Å². The molecule has 0 radical (unpaired) electrons. The second-order valence-corrected chi connectivity index (χ2v) is 6.79. The van der Waals surface area contributed by atoms with Crippen LogP contribution in [0, 0.1) is 0 Å². The van der Waals surface area contributed by atoms with E-state index in [1.54, 1.807) is 4.90 Å². The average molecular weight is 345 g/mol. The fraction of sp³-hybridized carbons (Fsp3) is 0.600. The van der Waals surface area contributed by atoms with Gasteiger partial charge in [0, 0.05) is 33.2 Å². The number of carbonyl (C=O) groups excluding carboxylic acids is 2. The lowest BCUT2D eigenvalue weighted by atomic mass is 10.1. The number of nitrogens with zero attached hydrogens (tertiary/aromatic N) is 2. The minimum atomic E-state index is -0.373. The van der Waals surface area contributed by atoms with Gasteiger partial charge < -0.3 is 15.1 Å². The minimum absolute atomic E-state index is 0.0467. The molecule has 0 aliphatic carbocycles. The molecule has 0 spiro atoms. The first kappa shape index (κ1) is 19.4. The molecule has 0 saturated carbocycles. The van der Waals surface area contributed by atoms with E-state index in [1.165, 1.54) is 5.56 Å². The Morgan fingerprint density at radius 1 is 1.28 bits per heavy atom. The van der Waals surface area contributed by atoms with Gasteiger partial charge in [0.05, 0.1) is 12.5 Å². The summed E-state index contributed by atoms with van der Waals surface area (Å²) in [6, 6.07) is 9.97. The van der Waals surface area contributed by atoms with Crippen molar-refractivity contribution in [2.45, 2.75) is 45.1 Å². The number of hydrogen-bond acceptors (Lipinski definition) is 3. The van der Waals surface area contributed by atoms with Gasteiger partial charge in [0.1, 0.15) is 0 Å². The maximum absolute atomic E-state index is 12.6. The highest BCUT2D eigenvalue weighted by atomic mass is 16.2. The van der Waals surface area contributed by atoms with Gasteiger partial charge in [0.25, 0.3) is 0 Å². The summed E-state index contributed by atoms with van der Waals surface area (Å²) in [5.41, 5.74) is 1.30. The number of unbranched alkanes of at least 4 members (excludes halogenated alkanes) is 1. The third-order valence-corrected chi connectivity index (χ3v) is 4.77. The molecule has 0 aromatic heterocycles. The molecule has 1 heterocycles. The molecule has 1 aliphatic heterocycles. The molecule has 1 N–H and O–H groups in total. The number of hydrogen-bond donors (Lipinski definition) is 1. The summed E-state index contributed by atoms with van der Waals surface area (Å²) < 4.78 is 0. The maximum Gasteiger partial charge on any atom is 0.240 e. The number of benzene rings is 1. The summed E-state index contributed by atoms with van der Waals surface area (Å²) in [6.07, 6.45) is 4.25. The van der Waals surface area contributed by atoms with Crippen LogP contribution in [0.4, 0.5) is 0 Å². The Bertz CT molecular complexity index is 547. The lowest BCUT2D eigenvalue weighted by Crippen LogP contribution is -2.56. The minimum Gasteiger partial charge on any atom is -0.346 e. The van der Waals surface area contributed by atoms with Gasteiger partial charge in [-0.25, -0.2) is 0 Å². The van der Waals surface area contributed by atoms with Crippen LogP contribution in [-0.4, -0.2) is 60.9 Å². The summed E-state index contributed by atoms with van der Waals surface area (Å²) >= 11 is 0. The smallest absolute Gasteiger partial charge is 0.240 e. The fourth-order valence-electron chi connectivity index (χ4n) is 3.14. The van der Waals surface area contributed by atoms with Gasteiger partial charge >= 0.3 is 0 Å². The van der Waals surface area contributed by atoms with Gasteiger partial charge in [-0.15, -0.1) is 0 Å². The van der Waals surface area contributed by atoms with Crippen LogP contribution in [-0.2, 0) is 16.0 Å². The van der Waals surface area contributed by atoms with Crippen molar-refractivity contribution in [3.63, 3.8) is 0 Å². The molecule has 138 valence electrons. The topological polar surface area (TPSA) is 52.7 Å². The Labute approximate surface area is 151 Å². The van der Waals surface area contributed by atoms with Crippen molar-refractivity contribution in [2.75, 3.05) is 33.2 Å². The average Bonchev–Trinajstić information content (AvgIpc) is 2.63. The number of piperazine rings is 1. The quantitative estimate of drug-likeness (QED) is 0.745. The molecule has 1 unspecified atom stereocenters. The van der Waals surface area contributed by atoms with Crippen LogP contribution in [0.2, 0.25) is 0 Å². The van der Waals surface area contributed by atoms with E-state index in [0.29, 0.717) is 0 Å². The first-order valence-corrected chi connectivity index (χ1v) is 9.42. The number of rotatable bonds is 9. The molecule has 2 amide bonds. The molecule has 5 heteroatoms. The molecule has 1 atom stereocenters. The standard InChI is InChI=1S/C20H31N3O2/c1-3-4-13-22(2)19(24)16-18-20(25)23(15-12-21-18)14-8-11-17-9-6-5-7-10-17/h5-7,9-10,18,21H,3-4,8,11-16H2,1-2H3. The molecule has 5 nitrogen and oxygen atoms in total. The zero-order valence-electron chi connectivity index (χ0n) is 15.5. The molecule has 1 aliphatic rings. The second kappa shape index (κ2) is 10.2. The van der Waals surface area contributed by atoms with Gasteiger partial charge in [-0.1, -0.05) is 43.7 Å². The molecule has 25 heavy (non-hydrogen) atoms. The lowest BCUT2D eigenvalue weighted by Gasteiger charge is -2.33. The van der Waals surface area contributed by atoms with Crippen molar-refractivity contribution < 1.29 is 9.59 Å². The Morgan fingerprint density at radius 3 is 2.76 bits per heavy atom. The zero-order chi connectivity index (χ0) is 18.1. The number of carbonyl (C=O) groups is 2. The van der Waals surface area contributed by atoms with Gasteiger partial charge in [-0.05, 0) is 24.8 Å². The van der Waals surface area contributed by atoms with E-state index >= 15 is 0 Å². The maximum atomic E-state index is 12.6. The number of amides is 2. The van der Waals surface area contributed by atoms with Crippen molar-refractivity contribution in [3.05, 3.63) is 35.9 Å². The molecule has 0 bridgehead atoms. The number of nitrogens with one attached hydrogen (secondary N) is 1. The summed E-state index contributed by atoms with van der Waals surface area (Å²) in [4.78, 5) is 28.6. The third kappa shape index (κ3) is 6.16. The van der Waals surface area contributed by atoms with E-state index in [4.69, 9.17) is 0 Å². The van der Waals surface area contributed by atoms with E-state index in [-0.39, 0.29) is 24.3 Å². The van der Waals surface area contributed by atoms with E-state index in [1.807, 2.05) is 30.1 Å². The summed E-state index contributed by atoms with van der Waals surface area (Å²) in [5, 5.41) is 3.21. The Hall–Kier alpha value is -1.88. The first-order valence-electron chi connectivity index (χ1n) is 9.42. The Morgan fingerprint density at radius 2 is 2.04 bits per heavy atom. The normalized spacial score (nSPS) is 17.6. The van der Waals surface area contributed by atoms with Gasteiger partial charge in [0.15, 0.2) is 0 Å². The third-order valence-electron chi connectivity index (χ3n) is 4.77. The van der Waals surface area contributed by atoms with Crippen LogP contribution >= 0.6 is 0 Å². The fourth-order valence-corrected chi connectivity index (χ4v) is 3.14. The molecular weight excluding hydrogens is 314 g/mol. The van der Waals surface area contributed by atoms with Crippen molar-refractivity contribution in [2.24, 2.45) is 0 Å². The van der Waals surface area contributed by atoms with Crippen LogP contribution in [0.3, 0.4) is 0 Å². The highest BCUT2D eigenvalue weighted by Gasteiger charge is 2.30. The van der Waals surface area contributed by atoms with Gasteiger partial charge in [0.2, 0.25) is 11.8 Å². The molecular formula is C20H31N3O2. The molecule has 1 aromatic rings. The highest BCUT2D eigenvalue weighted by Crippen LogP contribution is 2.10. The zero-order valence-corrected chi connectivity index (χ0v) is 15.5. The Kier molecular flexibility index (Phi) is 7.92. The van der Waals surface area contributed by atoms with E-state index < -0.39 is 0 Å². The number of aryl methyl sites for hydroxylation is 1. The van der Waals surface area contributed by atoms with Crippen molar-refractivity contribution in [1.29, 1.82) is 0 Å². The predicted octanol–water partition coefficient (Wildman–Crippen LogP) is 2.07. The monoisotopic (exact) mass is 345 g/mol. The van der Waals surface area contributed by atoms with Crippen molar-refractivity contribution in [1.82, 2.24) is 15.1 Å². The van der Waals surface area contributed by atoms with Crippen LogP contribution in [0.1, 0.15) is 38.2 Å². The van der Waals surface area contributed by atoms with Crippen molar-refractivity contribution >= 4 is 11.8 Å². The first-order chi connectivity index (χ1) is 12.1. The second-order valence-electron chi connectivity index (χ2n) is 6.79. The van der Waals surface area contributed by atoms with Crippen molar-refractivity contribution in [3.8, 4) is 0 Å². The van der Waals surface area contributed by atoms with E-state index in [0.717, 1.165) is 51.9 Å². The highest BCUT2D eigenvalue weighted by molar-refractivity contribution is 5.88. The Balaban J connectivity index is 1.78. The lowest BCUT2D eigenvalue weighted by molar-refractivity contribution is -0.140. The van der Waals surface area contributed by atoms with Crippen LogP contribution in [0.15, 0.2) is 30.3 Å². The molecule has 1 saturated heterocycles. The molecule has 1 fully saturated rings. The van der Waals surface area contributed by atoms with Crippen LogP contribution in [0.5, 0.6) is 0 Å². The molecule has 2 rings (SSSR count). The van der Waals surface area contributed by atoms with Gasteiger partial charge in [-0.3, -0.25) is 9.59 Å². The molecule has 1 aromatic carbocycles. The predicted molar refractivity (Wildman–Crippen MR) is 100 cm³/mol. The van der Waals surface area contributed by atoms with Crippen LogP contribution in [0.25, 0.3) is 0 Å². The summed E-state index contributed by atoms with van der Waals surface area (Å²) in [7, 11) is 1.82. The largest absolute Gasteiger partial charge is 0.346 e.